The summed E-state index contributed by atoms with van der Waals surface area (Å²) in [6.07, 6.45) is 6.00. The van der Waals surface area contributed by atoms with Gasteiger partial charge in [0.05, 0.1) is 11.6 Å². The van der Waals surface area contributed by atoms with Crippen LogP contribution in [0, 0.1) is 6.92 Å². The smallest absolute Gasteiger partial charge is 0.170 e. The van der Waals surface area contributed by atoms with Crippen LogP contribution in [0.15, 0.2) is 61.2 Å². The highest BCUT2D eigenvalue weighted by molar-refractivity contribution is 5.86. The van der Waals surface area contributed by atoms with Gasteiger partial charge in [-0.15, -0.1) is 0 Å². The molecule has 0 aliphatic rings. The summed E-state index contributed by atoms with van der Waals surface area (Å²) < 4.78 is 1.72. The highest BCUT2D eigenvalue weighted by atomic mass is 15.3. The molecule has 0 atom stereocenters. The summed E-state index contributed by atoms with van der Waals surface area (Å²) >= 11 is 0. The van der Waals surface area contributed by atoms with Gasteiger partial charge < -0.3 is 5.32 Å². The number of fused-ring (bicyclic) bond motifs is 1. The minimum absolute atomic E-state index is 0.738. The van der Waals surface area contributed by atoms with E-state index in [0.29, 0.717) is 0 Å². The predicted molar refractivity (Wildman–Crippen MR) is 97.8 cm³/mol. The van der Waals surface area contributed by atoms with Crippen LogP contribution in [0.1, 0.15) is 11.1 Å². The van der Waals surface area contributed by atoms with E-state index in [9.17, 15) is 0 Å². The van der Waals surface area contributed by atoms with Crippen molar-refractivity contribution in [2.24, 2.45) is 0 Å². The van der Waals surface area contributed by atoms with Crippen LogP contribution in [0.25, 0.3) is 16.9 Å². The minimum atomic E-state index is 0.738. The molecule has 0 amide bonds. The van der Waals surface area contributed by atoms with E-state index in [2.05, 4.69) is 56.6 Å². The van der Waals surface area contributed by atoms with Crippen LogP contribution in [-0.4, -0.2) is 31.3 Å². The number of nitrogens with one attached hydrogen (secondary N) is 1. The van der Waals surface area contributed by atoms with Crippen molar-refractivity contribution in [3.05, 3.63) is 72.3 Å². The van der Waals surface area contributed by atoms with Crippen LogP contribution in [0.5, 0.6) is 0 Å². The van der Waals surface area contributed by atoms with E-state index >= 15 is 0 Å². The molecule has 124 valence electrons. The highest BCUT2D eigenvalue weighted by Crippen LogP contribution is 2.20. The number of pyridine rings is 1. The Balaban J connectivity index is 1.54. The van der Waals surface area contributed by atoms with E-state index in [1.165, 1.54) is 11.1 Å². The third-order valence-corrected chi connectivity index (χ3v) is 4.06. The zero-order valence-electron chi connectivity index (χ0n) is 13.9. The van der Waals surface area contributed by atoms with Crippen molar-refractivity contribution >= 4 is 16.9 Å². The van der Waals surface area contributed by atoms with E-state index in [0.717, 1.165) is 35.6 Å². The Morgan fingerprint density at radius 2 is 1.88 bits per heavy atom. The van der Waals surface area contributed by atoms with Gasteiger partial charge in [0.25, 0.3) is 0 Å². The molecule has 1 aromatic carbocycles. The van der Waals surface area contributed by atoms with Gasteiger partial charge in [-0.05, 0) is 31.0 Å². The van der Waals surface area contributed by atoms with Crippen molar-refractivity contribution in [1.29, 1.82) is 0 Å². The lowest BCUT2D eigenvalue weighted by atomic mass is 10.1. The summed E-state index contributed by atoms with van der Waals surface area (Å²) in [7, 11) is 0. The van der Waals surface area contributed by atoms with Crippen LogP contribution in [0.4, 0.5) is 5.82 Å². The molecule has 6 heteroatoms. The first-order chi connectivity index (χ1) is 12.3. The minimum Gasteiger partial charge on any atom is -0.369 e. The maximum Gasteiger partial charge on any atom is 0.170 e. The molecule has 4 rings (SSSR count). The lowest BCUT2D eigenvalue weighted by molar-refractivity contribution is 0.861. The van der Waals surface area contributed by atoms with Crippen molar-refractivity contribution in [1.82, 2.24) is 24.7 Å². The van der Waals surface area contributed by atoms with Crippen molar-refractivity contribution < 1.29 is 0 Å². The number of nitrogens with zero attached hydrogens (tertiary/aromatic N) is 5. The second-order valence-electron chi connectivity index (χ2n) is 5.87. The Bertz CT molecular complexity index is 976. The molecule has 0 fully saturated rings. The third kappa shape index (κ3) is 3.19. The number of anilines is 1. The molecule has 0 aliphatic heterocycles. The zero-order valence-corrected chi connectivity index (χ0v) is 13.9. The number of benzene rings is 1. The standard InChI is InChI=1S/C19H18N6/c1-14-5-7-15(8-6-14)9-11-21-18-16-12-24-25(19(16)23-13-22-18)17-4-2-3-10-20-17/h2-8,10,12-13H,9,11H2,1H3,(H,21,22,23). The first kappa shape index (κ1) is 15.3. The van der Waals surface area contributed by atoms with Gasteiger partial charge in [-0.1, -0.05) is 35.9 Å². The summed E-state index contributed by atoms with van der Waals surface area (Å²) in [5, 5.41) is 8.69. The Hall–Kier alpha value is -3.28. The van der Waals surface area contributed by atoms with E-state index in [-0.39, 0.29) is 0 Å². The molecule has 6 nitrogen and oxygen atoms in total. The largest absolute Gasteiger partial charge is 0.369 e. The molecule has 4 aromatic rings. The summed E-state index contributed by atoms with van der Waals surface area (Å²) in [6, 6.07) is 14.3. The highest BCUT2D eigenvalue weighted by Gasteiger charge is 2.11. The molecule has 0 bridgehead atoms. The molecule has 0 aliphatic carbocycles. The topological polar surface area (TPSA) is 68.5 Å². The fourth-order valence-electron chi connectivity index (χ4n) is 2.71. The second-order valence-corrected chi connectivity index (χ2v) is 5.87. The van der Waals surface area contributed by atoms with Crippen molar-refractivity contribution in [3.63, 3.8) is 0 Å². The third-order valence-electron chi connectivity index (χ3n) is 4.06. The Labute approximate surface area is 145 Å². The fourth-order valence-corrected chi connectivity index (χ4v) is 2.71. The number of rotatable bonds is 5. The first-order valence-electron chi connectivity index (χ1n) is 8.21. The van der Waals surface area contributed by atoms with Gasteiger partial charge >= 0.3 is 0 Å². The monoisotopic (exact) mass is 330 g/mol. The van der Waals surface area contributed by atoms with Gasteiger partial charge in [0.15, 0.2) is 11.5 Å². The van der Waals surface area contributed by atoms with Gasteiger partial charge in [0.2, 0.25) is 0 Å². The summed E-state index contributed by atoms with van der Waals surface area (Å²) in [5.41, 5.74) is 3.32. The predicted octanol–water partition coefficient (Wildman–Crippen LogP) is 3.17. The van der Waals surface area contributed by atoms with Crippen LogP contribution in [-0.2, 0) is 6.42 Å². The molecule has 25 heavy (non-hydrogen) atoms. The van der Waals surface area contributed by atoms with E-state index in [1.807, 2.05) is 18.2 Å². The molecule has 0 unspecified atom stereocenters. The van der Waals surface area contributed by atoms with Crippen molar-refractivity contribution in [2.45, 2.75) is 13.3 Å². The lowest BCUT2D eigenvalue weighted by Crippen LogP contribution is -2.07. The molecular formula is C19H18N6. The quantitative estimate of drug-likeness (QED) is 0.609. The van der Waals surface area contributed by atoms with Gasteiger partial charge in [-0.25, -0.2) is 15.0 Å². The fraction of sp³-hybridized carbons (Fsp3) is 0.158. The normalized spacial score (nSPS) is 10.9. The van der Waals surface area contributed by atoms with E-state index < -0.39 is 0 Å². The molecule has 3 heterocycles. The maximum atomic E-state index is 4.41. The number of hydrogen-bond donors (Lipinski definition) is 1. The average Bonchev–Trinajstić information content (AvgIpc) is 3.09. The summed E-state index contributed by atoms with van der Waals surface area (Å²) in [5.74, 6) is 1.53. The molecular weight excluding hydrogens is 312 g/mol. The Morgan fingerprint density at radius 1 is 1.00 bits per heavy atom. The molecule has 0 radical (unpaired) electrons. The summed E-state index contributed by atoms with van der Waals surface area (Å²) in [4.78, 5) is 13.1. The maximum absolute atomic E-state index is 4.41. The molecule has 0 spiro atoms. The van der Waals surface area contributed by atoms with E-state index in [4.69, 9.17) is 0 Å². The van der Waals surface area contributed by atoms with Crippen LogP contribution < -0.4 is 5.32 Å². The Morgan fingerprint density at radius 3 is 2.68 bits per heavy atom. The second kappa shape index (κ2) is 6.68. The zero-order chi connectivity index (χ0) is 17.1. The van der Waals surface area contributed by atoms with Crippen LogP contribution in [0.3, 0.4) is 0 Å². The average molecular weight is 330 g/mol. The van der Waals surface area contributed by atoms with Gasteiger partial charge in [0, 0.05) is 12.7 Å². The SMILES string of the molecule is Cc1ccc(CCNc2ncnc3c2cnn3-c2ccccn2)cc1. The number of aromatic nitrogens is 5. The number of aryl methyl sites for hydroxylation is 1. The van der Waals surface area contributed by atoms with Crippen molar-refractivity contribution in [3.8, 4) is 5.82 Å². The van der Waals surface area contributed by atoms with Crippen LogP contribution in [0.2, 0.25) is 0 Å². The van der Waals surface area contributed by atoms with E-state index in [1.54, 1.807) is 23.4 Å². The van der Waals surface area contributed by atoms with Gasteiger partial charge in [0.1, 0.15) is 12.1 Å². The molecule has 0 saturated carbocycles. The van der Waals surface area contributed by atoms with Crippen molar-refractivity contribution in [2.75, 3.05) is 11.9 Å². The molecule has 1 N–H and O–H groups in total. The van der Waals surface area contributed by atoms with Gasteiger partial charge in [-0.3, -0.25) is 0 Å². The number of hydrogen-bond acceptors (Lipinski definition) is 5. The van der Waals surface area contributed by atoms with Crippen LogP contribution >= 0.6 is 0 Å². The summed E-state index contributed by atoms with van der Waals surface area (Å²) in [6.45, 7) is 2.89. The van der Waals surface area contributed by atoms with Gasteiger partial charge in [-0.2, -0.15) is 9.78 Å². The molecule has 0 saturated heterocycles. The molecule has 3 aromatic heterocycles. The Kier molecular flexibility index (Phi) is 4.08. The lowest BCUT2D eigenvalue weighted by Gasteiger charge is -2.07. The first-order valence-corrected chi connectivity index (χ1v) is 8.21.